The van der Waals surface area contributed by atoms with Crippen LogP contribution in [0.1, 0.15) is 62.0 Å². The summed E-state index contributed by atoms with van der Waals surface area (Å²) in [6.45, 7) is 8.02. The van der Waals surface area contributed by atoms with Crippen molar-refractivity contribution in [2.24, 2.45) is 11.8 Å². The van der Waals surface area contributed by atoms with E-state index in [1.54, 1.807) is 6.07 Å². The van der Waals surface area contributed by atoms with Gasteiger partial charge in [0.15, 0.2) is 0 Å². The second-order valence-electron chi connectivity index (χ2n) is 6.13. The number of likely N-dealkylation sites (tertiary alicyclic amines) is 1. The van der Waals surface area contributed by atoms with E-state index in [9.17, 15) is 4.79 Å². The maximum absolute atomic E-state index is 12.7. The summed E-state index contributed by atoms with van der Waals surface area (Å²) in [6.07, 6.45) is 3.45. The molecule has 2 heterocycles. The lowest BCUT2D eigenvalue weighted by molar-refractivity contribution is 0.0671. The summed E-state index contributed by atoms with van der Waals surface area (Å²) in [5.74, 6) is 7.00. The number of nitrogens with two attached hydrogens (primary N) is 1. The van der Waals surface area contributed by atoms with Gasteiger partial charge >= 0.3 is 0 Å². The molecule has 1 aliphatic rings. The average Bonchev–Trinajstić information content (AvgIpc) is 2.53. The van der Waals surface area contributed by atoms with Crippen LogP contribution in [0.25, 0.3) is 0 Å². The fourth-order valence-corrected chi connectivity index (χ4v) is 2.81. The van der Waals surface area contributed by atoms with Crippen LogP contribution >= 0.6 is 0 Å². The van der Waals surface area contributed by atoms with Gasteiger partial charge in [-0.3, -0.25) is 4.79 Å². The van der Waals surface area contributed by atoms with Gasteiger partial charge in [-0.25, -0.2) is 10.8 Å². The van der Waals surface area contributed by atoms with Gasteiger partial charge in [-0.05, 0) is 36.8 Å². The van der Waals surface area contributed by atoms with Gasteiger partial charge in [-0.1, -0.05) is 27.2 Å². The zero-order valence-electron chi connectivity index (χ0n) is 13.2. The van der Waals surface area contributed by atoms with Crippen LogP contribution in [-0.4, -0.2) is 28.9 Å². The highest BCUT2D eigenvalue weighted by atomic mass is 16.2. The number of nitrogens with one attached hydrogen (secondary N) is 1. The Kier molecular flexibility index (Phi) is 5.17. The number of piperidine rings is 1. The summed E-state index contributed by atoms with van der Waals surface area (Å²) in [6, 6.07) is 3.63. The van der Waals surface area contributed by atoms with Crippen molar-refractivity contribution >= 4 is 11.7 Å². The molecule has 0 radical (unpaired) electrons. The fourth-order valence-electron chi connectivity index (χ4n) is 2.81. The summed E-state index contributed by atoms with van der Waals surface area (Å²) in [4.78, 5) is 19.1. The third-order valence-corrected chi connectivity index (χ3v) is 4.22. The lowest BCUT2D eigenvalue weighted by Gasteiger charge is -2.32. The van der Waals surface area contributed by atoms with E-state index in [4.69, 9.17) is 5.84 Å². The van der Waals surface area contributed by atoms with E-state index in [0.29, 0.717) is 17.3 Å². The largest absolute Gasteiger partial charge is 0.338 e. The van der Waals surface area contributed by atoms with Gasteiger partial charge in [0.1, 0.15) is 5.82 Å². The second-order valence-corrected chi connectivity index (χ2v) is 6.13. The normalized spacial score (nSPS) is 18.9. The summed E-state index contributed by atoms with van der Waals surface area (Å²) in [5, 5.41) is 0. The molecular formula is C16H26N4O. The SMILES string of the molecule is CCC1CCCN(C(=O)c2cc(NN)nc(C(C)C)c2)C1. The van der Waals surface area contributed by atoms with Crippen molar-refractivity contribution in [3.05, 3.63) is 23.4 Å². The molecule has 1 amide bonds. The van der Waals surface area contributed by atoms with Crippen molar-refractivity contribution in [3.63, 3.8) is 0 Å². The molecule has 116 valence electrons. The number of nitrogens with zero attached hydrogens (tertiary/aromatic N) is 2. The maximum atomic E-state index is 12.7. The number of pyridine rings is 1. The van der Waals surface area contributed by atoms with Gasteiger partial charge in [-0.2, -0.15) is 0 Å². The summed E-state index contributed by atoms with van der Waals surface area (Å²) >= 11 is 0. The first-order chi connectivity index (χ1) is 10.0. The number of aromatic nitrogens is 1. The Labute approximate surface area is 126 Å². The molecular weight excluding hydrogens is 264 g/mol. The van der Waals surface area contributed by atoms with Crippen LogP contribution in [0.15, 0.2) is 12.1 Å². The molecule has 2 rings (SSSR count). The predicted octanol–water partition coefficient (Wildman–Crippen LogP) is 2.75. The van der Waals surface area contributed by atoms with Gasteiger partial charge in [0.05, 0.1) is 0 Å². The second kappa shape index (κ2) is 6.89. The van der Waals surface area contributed by atoms with Crippen molar-refractivity contribution in [1.82, 2.24) is 9.88 Å². The van der Waals surface area contributed by atoms with E-state index in [1.165, 1.54) is 6.42 Å². The standard InChI is InChI=1S/C16H26N4O/c1-4-12-6-5-7-20(10-12)16(21)13-8-14(11(2)3)18-15(9-13)19-17/h8-9,11-12H,4-7,10,17H2,1-3H3,(H,18,19). The molecule has 0 aliphatic carbocycles. The molecule has 21 heavy (non-hydrogen) atoms. The Morgan fingerprint density at radius 3 is 2.90 bits per heavy atom. The minimum atomic E-state index is 0.0916. The van der Waals surface area contributed by atoms with Crippen LogP contribution in [0, 0.1) is 5.92 Å². The zero-order chi connectivity index (χ0) is 15.4. The first-order valence-electron chi connectivity index (χ1n) is 7.83. The minimum absolute atomic E-state index is 0.0916. The van der Waals surface area contributed by atoms with Crippen LogP contribution in [0.5, 0.6) is 0 Å². The van der Waals surface area contributed by atoms with Crippen molar-refractivity contribution in [2.75, 3.05) is 18.5 Å². The fraction of sp³-hybridized carbons (Fsp3) is 0.625. The van der Waals surface area contributed by atoms with Crippen molar-refractivity contribution < 1.29 is 4.79 Å². The molecule has 1 unspecified atom stereocenters. The Bertz CT molecular complexity index is 501. The molecule has 0 bridgehead atoms. The Hall–Kier alpha value is -1.62. The smallest absolute Gasteiger partial charge is 0.254 e. The van der Waals surface area contributed by atoms with E-state index in [0.717, 1.165) is 31.6 Å². The third-order valence-electron chi connectivity index (χ3n) is 4.22. The maximum Gasteiger partial charge on any atom is 0.254 e. The number of hydrogen-bond donors (Lipinski definition) is 2. The summed E-state index contributed by atoms with van der Waals surface area (Å²) in [5.41, 5.74) is 4.12. The highest BCUT2D eigenvalue weighted by molar-refractivity contribution is 5.95. The summed E-state index contributed by atoms with van der Waals surface area (Å²) in [7, 11) is 0. The summed E-state index contributed by atoms with van der Waals surface area (Å²) < 4.78 is 0. The Morgan fingerprint density at radius 1 is 1.52 bits per heavy atom. The predicted molar refractivity (Wildman–Crippen MR) is 85.1 cm³/mol. The van der Waals surface area contributed by atoms with Gasteiger partial charge in [0, 0.05) is 24.3 Å². The van der Waals surface area contributed by atoms with Gasteiger partial charge < -0.3 is 10.3 Å². The molecule has 3 N–H and O–H groups in total. The molecule has 1 aromatic rings. The molecule has 5 heteroatoms. The molecule has 5 nitrogen and oxygen atoms in total. The molecule has 0 saturated carbocycles. The zero-order valence-corrected chi connectivity index (χ0v) is 13.2. The third kappa shape index (κ3) is 3.73. The molecule has 1 aromatic heterocycles. The average molecular weight is 290 g/mol. The quantitative estimate of drug-likeness (QED) is 0.660. The number of anilines is 1. The molecule has 1 atom stereocenters. The number of amides is 1. The van der Waals surface area contributed by atoms with Crippen LogP contribution in [0.3, 0.4) is 0 Å². The lowest BCUT2D eigenvalue weighted by atomic mass is 9.95. The molecule has 0 spiro atoms. The van der Waals surface area contributed by atoms with E-state index in [2.05, 4.69) is 31.2 Å². The lowest BCUT2D eigenvalue weighted by Crippen LogP contribution is -2.39. The molecule has 1 saturated heterocycles. The number of hydrogen-bond acceptors (Lipinski definition) is 4. The number of rotatable bonds is 4. The van der Waals surface area contributed by atoms with Gasteiger partial charge in [-0.15, -0.1) is 0 Å². The van der Waals surface area contributed by atoms with E-state index in [1.807, 2.05) is 11.0 Å². The highest BCUT2D eigenvalue weighted by Crippen LogP contribution is 2.23. The van der Waals surface area contributed by atoms with Crippen LogP contribution < -0.4 is 11.3 Å². The van der Waals surface area contributed by atoms with Crippen molar-refractivity contribution in [2.45, 2.75) is 46.0 Å². The van der Waals surface area contributed by atoms with Crippen molar-refractivity contribution in [3.8, 4) is 0 Å². The topological polar surface area (TPSA) is 71.2 Å². The number of hydrazine groups is 1. The highest BCUT2D eigenvalue weighted by Gasteiger charge is 2.24. The minimum Gasteiger partial charge on any atom is -0.338 e. The van der Waals surface area contributed by atoms with Gasteiger partial charge in [0.2, 0.25) is 0 Å². The molecule has 0 aromatic carbocycles. The number of nitrogen functional groups attached to an aromatic ring is 1. The van der Waals surface area contributed by atoms with Crippen LogP contribution in [-0.2, 0) is 0 Å². The number of carbonyl (C=O) groups excluding carboxylic acids is 1. The molecule has 1 fully saturated rings. The van der Waals surface area contributed by atoms with Crippen LogP contribution in [0.2, 0.25) is 0 Å². The van der Waals surface area contributed by atoms with Gasteiger partial charge in [0.25, 0.3) is 5.91 Å². The first-order valence-corrected chi connectivity index (χ1v) is 7.83. The van der Waals surface area contributed by atoms with E-state index >= 15 is 0 Å². The number of carbonyl (C=O) groups is 1. The van der Waals surface area contributed by atoms with E-state index < -0.39 is 0 Å². The van der Waals surface area contributed by atoms with Crippen molar-refractivity contribution in [1.29, 1.82) is 0 Å². The monoisotopic (exact) mass is 290 g/mol. The molecule has 1 aliphatic heterocycles. The van der Waals surface area contributed by atoms with Crippen LogP contribution in [0.4, 0.5) is 5.82 Å². The van der Waals surface area contributed by atoms with E-state index in [-0.39, 0.29) is 11.8 Å². The Balaban J connectivity index is 2.23. The Morgan fingerprint density at radius 2 is 2.29 bits per heavy atom. The first kappa shape index (κ1) is 15.8.